The maximum absolute atomic E-state index is 13.2. The van der Waals surface area contributed by atoms with E-state index in [4.69, 9.17) is 13.9 Å². The normalized spacial score (nSPS) is 14.7. The van der Waals surface area contributed by atoms with Gasteiger partial charge in [-0.05, 0) is 67.0 Å². The van der Waals surface area contributed by atoms with Crippen LogP contribution in [-0.2, 0) is 11.2 Å². The van der Waals surface area contributed by atoms with E-state index in [9.17, 15) is 4.79 Å². The van der Waals surface area contributed by atoms with Crippen molar-refractivity contribution in [1.29, 1.82) is 0 Å². The largest absolute Gasteiger partial charge is 0.497 e. The van der Waals surface area contributed by atoms with Crippen LogP contribution in [0.4, 0.5) is 0 Å². The average Bonchev–Trinajstić information content (AvgIpc) is 3.36. The van der Waals surface area contributed by atoms with Gasteiger partial charge in [0.1, 0.15) is 17.1 Å². The summed E-state index contributed by atoms with van der Waals surface area (Å²) in [4.78, 5) is 15.2. The number of methoxy groups -OCH3 is 2. The Kier molecular flexibility index (Phi) is 7.31. The Balaban J connectivity index is 1.35. The number of hydrogen-bond acceptors (Lipinski definition) is 4. The highest BCUT2D eigenvalue weighted by atomic mass is 16.5. The summed E-state index contributed by atoms with van der Waals surface area (Å²) < 4.78 is 16.9. The third-order valence-corrected chi connectivity index (χ3v) is 7.33. The van der Waals surface area contributed by atoms with Crippen molar-refractivity contribution in [3.63, 3.8) is 0 Å². The fourth-order valence-electron chi connectivity index (χ4n) is 5.21. The number of benzene rings is 3. The molecule has 1 aliphatic heterocycles. The first-order chi connectivity index (χ1) is 18.1. The number of carbonyl (C=O) groups excluding carboxylic acids is 1. The predicted octanol–water partition coefficient (Wildman–Crippen LogP) is 7.00. The summed E-state index contributed by atoms with van der Waals surface area (Å²) in [6.45, 7) is 3.55. The molecule has 37 heavy (non-hydrogen) atoms. The van der Waals surface area contributed by atoms with Crippen molar-refractivity contribution in [2.24, 2.45) is 5.92 Å². The maximum atomic E-state index is 13.2. The third kappa shape index (κ3) is 5.41. The van der Waals surface area contributed by atoms with Crippen LogP contribution in [0, 0.1) is 5.92 Å². The molecule has 2 heterocycles. The molecule has 0 spiro atoms. The Labute approximate surface area is 218 Å². The van der Waals surface area contributed by atoms with Gasteiger partial charge in [0.15, 0.2) is 0 Å². The molecule has 1 aromatic heterocycles. The molecule has 0 bridgehead atoms. The molecule has 3 aromatic carbocycles. The molecule has 5 rings (SSSR count). The third-order valence-electron chi connectivity index (χ3n) is 7.33. The zero-order chi connectivity index (χ0) is 25.8. The summed E-state index contributed by atoms with van der Waals surface area (Å²) in [5.74, 6) is 2.14. The molecule has 1 fully saturated rings. The summed E-state index contributed by atoms with van der Waals surface area (Å²) in [5.41, 5.74) is 5.83. The quantitative estimate of drug-likeness (QED) is 0.259. The first-order valence-corrected chi connectivity index (χ1v) is 12.8. The molecule has 0 atom stereocenters. The minimum Gasteiger partial charge on any atom is -0.497 e. The minimum absolute atomic E-state index is 0.0537. The van der Waals surface area contributed by atoms with E-state index >= 15 is 0 Å². The molecule has 190 valence electrons. The molecular weight excluding hydrogens is 462 g/mol. The zero-order valence-corrected chi connectivity index (χ0v) is 21.7. The predicted molar refractivity (Wildman–Crippen MR) is 148 cm³/mol. The number of nitrogens with zero attached hydrogens (tertiary/aromatic N) is 1. The molecule has 5 heteroatoms. The van der Waals surface area contributed by atoms with Gasteiger partial charge in [-0.2, -0.15) is 0 Å². The number of hydrogen-bond donors (Lipinski definition) is 0. The lowest BCUT2D eigenvalue weighted by Gasteiger charge is -2.31. The lowest BCUT2D eigenvalue weighted by Crippen LogP contribution is -2.38. The number of fused-ring (bicyclic) bond motifs is 1. The van der Waals surface area contributed by atoms with E-state index in [1.165, 1.54) is 5.56 Å². The van der Waals surface area contributed by atoms with Gasteiger partial charge in [-0.15, -0.1) is 0 Å². The monoisotopic (exact) mass is 495 g/mol. The van der Waals surface area contributed by atoms with Crippen molar-refractivity contribution >= 4 is 22.4 Å². The molecule has 0 aliphatic carbocycles. The van der Waals surface area contributed by atoms with Gasteiger partial charge in [0.2, 0.25) is 5.91 Å². The van der Waals surface area contributed by atoms with Gasteiger partial charge in [-0.1, -0.05) is 42.5 Å². The maximum Gasteiger partial charge on any atom is 0.246 e. The second-order valence-electron chi connectivity index (χ2n) is 9.72. The molecular formula is C32H33NO4. The van der Waals surface area contributed by atoms with Gasteiger partial charge in [0.05, 0.1) is 20.5 Å². The minimum atomic E-state index is 0.0537. The second-order valence-corrected chi connectivity index (χ2v) is 9.72. The molecule has 0 radical (unpaired) electrons. The molecule has 1 amide bonds. The second kappa shape index (κ2) is 11.0. The lowest BCUT2D eigenvalue weighted by atomic mass is 9.90. The van der Waals surface area contributed by atoms with E-state index in [1.54, 1.807) is 26.6 Å². The van der Waals surface area contributed by atoms with Crippen LogP contribution in [-0.4, -0.2) is 38.1 Å². The van der Waals surface area contributed by atoms with Crippen molar-refractivity contribution in [3.05, 3.63) is 90.2 Å². The van der Waals surface area contributed by atoms with Gasteiger partial charge in [-0.3, -0.25) is 4.79 Å². The van der Waals surface area contributed by atoms with Crippen LogP contribution in [0.3, 0.4) is 0 Å². The van der Waals surface area contributed by atoms with Gasteiger partial charge in [-0.25, -0.2) is 0 Å². The molecule has 0 saturated carbocycles. The van der Waals surface area contributed by atoms with Crippen molar-refractivity contribution in [2.45, 2.75) is 26.2 Å². The van der Waals surface area contributed by atoms with Crippen molar-refractivity contribution in [3.8, 4) is 22.6 Å². The highest BCUT2D eigenvalue weighted by Crippen LogP contribution is 2.38. The summed E-state index contributed by atoms with van der Waals surface area (Å²) in [7, 11) is 3.30. The van der Waals surface area contributed by atoms with E-state index in [0.29, 0.717) is 11.7 Å². The Morgan fingerprint density at radius 2 is 1.78 bits per heavy atom. The zero-order valence-electron chi connectivity index (χ0n) is 21.7. The number of amides is 1. The standard InChI is InChI=1S/C32H33NO4/c1-22(16-32(34)33-14-12-24(13-15-33)17-23-8-5-4-6-9-23)27-19-28-29(21-37-31(28)20-30(27)36-3)25-10-7-11-26(18-25)35-2/h4-11,16,18-21,24H,12-15,17H2,1-3H3/b22-16+. The van der Waals surface area contributed by atoms with Crippen molar-refractivity contribution in [2.75, 3.05) is 27.3 Å². The Bertz CT molecular complexity index is 1410. The van der Waals surface area contributed by atoms with E-state index in [0.717, 1.165) is 71.3 Å². The Morgan fingerprint density at radius 1 is 1.00 bits per heavy atom. The highest BCUT2D eigenvalue weighted by Gasteiger charge is 2.23. The average molecular weight is 496 g/mol. The van der Waals surface area contributed by atoms with Crippen LogP contribution in [0.25, 0.3) is 27.7 Å². The number of furan rings is 1. The molecule has 0 unspecified atom stereocenters. The molecule has 1 aliphatic rings. The fraction of sp³-hybridized carbons (Fsp3) is 0.281. The number of carbonyl (C=O) groups is 1. The summed E-state index contributed by atoms with van der Waals surface area (Å²) >= 11 is 0. The van der Waals surface area contributed by atoms with Crippen LogP contribution in [0.15, 0.2) is 83.5 Å². The van der Waals surface area contributed by atoms with E-state index in [-0.39, 0.29) is 5.91 Å². The Morgan fingerprint density at radius 3 is 2.51 bits per heavy atom. The van der Waals surface area contributed by atoms with E-state index in [2.05, 4.69) is 36.4 Å². The molecule has 5 nitrogen and oxygen atoms in total. The number of likely N-dealkylation sites (tertiary alicyclic amines) is 1. The highest BCUT2D eigenvalue weighted by molar-refractivity contribution is 6.00. The van der Waals surface area contributed by atoms with Gasteiger partial charge in [0.25, 0.3) is 0 Å². The van der Waals surface area contributed by atoms with Gasteiger partial charge >= 0.3 is 0 Å². The fourth-order valence-corrected chi connectivity index (χ4v) is 5.21. The molecule has 4 aromatic rings. The number of ether oxygens (including phenoxy) is 2. The van der Waals surface area contributed by atoms with Crippen molar-refractivity contribution < 1.29 is 18.7 Å². The molecule has 0 N–H and O–H groups in total. The van der Waals surface area contributed by atoms with Gasteiger partial charge < -0.3 is 18.8 Å². The lowest BCUT2D eigenvalue weighted by molar-refractivity contribution is -0.127. The van der Waals surface area contributed by atoms with Gasteiger partial charge in [0, 0.05) is 41.7 Å². The number of rotatable bonds is 7. The summed E-state index contributed by atoms with van der Waals surface area (Å²) in [6, 6.07) is 22.5. The van der Waals surface area contributed by atoms with Crippen LogP contribution < -0.4 is 9.47 Å². The smallest absolute Gasteiger partial charge is 0.246 e. The van der Waals surface area contributed by atoms with Crippen LogP contribution >= 0.6 is 0 Å². The summed E-state index contributed by atoms with van der Waals surface area (Å²) in [6.07, 6.45) is 6.64. The van der Waals surface area contributed by atoms with Crippen LogP contribution in [0.1, 0.15) is 30.9 Å². The van der Waals surface area contributed by atoms with Crippen molar-refractivity contribution in [1.82, 2.24) is 4.90 Å². The summed E-state index contributed by atoms with van der Waals surface area (Å²) in [5, 5.41) is 0.964. The first kappa shape index (κ1) is 24.7. The first-order valence-electron chi connectivity index (χ1n) is 12.8. The SMILES string of the molecule is COc1cccc(-c2coc3cc(OC)c(/C(C)=C/C(=O)N4CCC(Cc5ccccc5)CC4)cc23)c1. The number of piperidine rings is 1. The Hall–Kier alpha value is -3.99. The van der Waals surface area contributed by atoms with E-state index < -0.39 is 0 Å². The topological polar surface area (TPSA) is 51.9 Å². The van der Waals surface area contributed by atoms with Crippen LogP contribution in [0.5, 0.6) is 11.5 Å². The number of allylic oxidation sites excluding steroid dienone is 1. The molecule has 1 saturated heterocycles. The van der Waals surface area contributed by atoms with E-state index in [1.807, 2.05) is 42.2 Å². The van der Waals surface area contributed by atoms with Crippen LogP contribution in [0.2, 0.25) is 0 Å².